The van der Waals surface area contributed by atoms with Gasteiger partial charge in [-0.25, -0.2) is 9.13 Å². The number of carbonyl (C=O) groups is 4. The monoisotopic (exact) mass is 1580 g/mol. The SMILES string of the molecule is CCCCCCCCCCCCCCCCCCCCCC(=O)OC[C@H](COP(=O)(O)OC[C@@H](O)COP(=O)(O)OC[C@@H](COC(=O)CCCCCCCCCCCCCC)OC(=O)CCCCCCCCCCCCCCC(C)C)OC(=O)CCCCCCCCCCCCCCCCCCCCC(C)CC. The normalized spacial score (nSPS) is 14.0. The van der Waals surface area contributed by atoms with Gasteiger partial charge in [0.25, 0.3) is 0 Å². The molecule has 0 radical (unpaired) electrons. The highest BCUT2D eigenvalue weighted by Gasteiger charge is 2.31. The largest absolute Gasteiger partial charge is 0.472 e. The Morgan fingerprint density at radius 2 is 0.472 bits per heavy atom. The van der Waals surface area contributed by atoms with Crippen LogP contribution in [0.1, 0.15) is 478 Å². The maximum atomic E-state index is 13.2. The van der Waals surface area contributed by atoms with Crippen molar-refractivity contribution in [1.82, 2.24) is 0 Å². The van der Waals surface area contributed by atoms with E-state index in [0.717, 1.165) is 102 Å². The number of hydrogen-bond donors (Lipinski definition) is 3. The molecule has 3 N–H and O–H groups in total. The summed E-state index contributed by atoms with van der Waals surface area (Å²) >= 11 is 0. The van der Waals surface area contributed by atoms with Crippen LogP contribution in [-0.4, -0.2) is 96.7 Å². The fourth-order valence-electron chi connectivity index (χ4n) is 13.9. The summed E-state index contributed by atoms with van der Waals surface area (Å²) in [7, 11) is -9.93. The molecule has 0 bridgehead atoms. The molecule has 0 aliphatic rings. The van der Waals surface area contributed by atoms with E-state index in [9.17, 15) is 43.2 Å². The van der Waals surface area contributed by atoms with Crippen LogP contribution in [0.15, 0.2) is 0 Å². The molecule has 19 heteroatoms. The van der Waals surface area contributed by atoms with E-state index in [0.29, 0.717) is 25.7 Å². The molecule has 0 spiro atoms. The lowest BCUT2D eigenvalue weighted by molar-refractivity contribution is -0.161. The van der Waals surface area contributed by atoms with Crippen molar-refractivity contribution < 1.29 is 80.2 Å². The van der Waals surface area contributed by atoms with Gasteiger partial charge in [-0.15, -0.1) is 0 Å². The van der Waals surface area contributed by atoms with Gasteiger partial charge in [0, 0.05) is 25.7 Å². The predicted octanol–water partition coefficient (Wildman–Crippen LogP) is 27.4. The fraction of sp³-hybridized carbons (Fsp3) is 0.955. The highest BCUT2D eigenvalue weighted by molar-refractivity contribution is 7.47. The van der Waals surface area contributed by atoms with Crippen molar-refractivity contribution in [3.05, 3.63) is 0 Å². The van der Waals surface area contributed by atoms with Gasteiger partial charge in [-0.3, -0.25) is 37.3 Å². The number of aliphatic hydroxyl groups is 1. The van der Waals surface area contributed by atoms with Crippen LogP contribution in [0, 0.1) is 11.8 Å². The van der Waals surface area contributed by atoms with Gasteiger partial charge >= 0.3 is 39.5 Å². The summed E-state index contributed by atoms with van der Waals surface area (Å²) in [5.41, 5.74) is 0. The molecule has 642 valence electrons. The molecule has 17 nitrogen and oxygen atoms in total. The fourth-order valence-corrected chi connectivity index (χ4v) is 15.5. The van der Waals surface area contributed by atoms with Gasteiger partial charge in [-0.1, -0.05) is 427 Å². The quantitative estimate of drug-likeness (QED) is 0.0222. The van der Waals surface area contributed by atoms with Gasteiger partial charge in [-0.05, 0) is 37.5 Å². The maximum Gasteiger partial charge on any atom is 0.472 e. The first-order chi connectivity index (χ1) is 52.4. The number of carbonyl (C=O) groups excluding carboxylic acids is 4. The van der Waals surface area contributed by atoms with Gasteiger partial charge < -0.3 is 33.8 Å². The Labute approximate surface area is 664 Å². The number of unbranched alkanes of at least 4 members (excludes halogenated alkanes) is 57. The van der Waals surface area contributed by atoms with E-state index in [4.69, 9.17) is 37.0 Å². The molecule has 0 rings (SSSR count). The van der Waals surface area contributed by atoms with E-state index >= 15 is 0 Å². The summed E-state index contributed by atoms with van der Waals surface area (Å²) in [6.45, 7) is 9.77. The Morgan fingerprint density at radius 1 is 0.269 bits per heavy atom. The van der Waals surface area contributed by atoms with E-state index < -0.39 is 97.5 Å². The summed E-state index contributed by atoms with van der Waals surface area (Å²) in [5.74, 6) is -0.449. The first-order valence-corrected chi connectivity index (χ1v) is 49.0. The van der Waals surface area contributed by atoms with Gasteiger partial charge in [0.1, 0.15) is 19.3 Å². The van der Waals surface area contributed by atoms with Crippen LogP contribution in [0.2, 0.25) is 0 Å². The molecule has 108 heavy (non-hydrogen) atoms. The number of esters is 4. The third-order valence-corrected chi connectivity index (χ3v) is 23.2. The lowest BCUT2D eigenvalue weighted by Gasteiger charge is -2.21. The van der Waals surface area contributed by atoms with E-state index in [1.165, 1.54) is 295 Å². The molecule has 0 aromatic heterocycles. The zero-order valence-corrected chi connectivity index (χ0v) is 73.0. The zero-order valence-electron chi connectivity index (χ0n) is 71.2. The molecule has 0 saturated heterocycles. The van der Waals surface area contributed by atoms with Crippen LogP contribution in [0.5, 0.6) is 0 Å². The van der Waals surface area contributed by atoms with Gasteiger partial charge in [0.05, 0.1) is 26.4 Å². The second-order valence-electron chi connectivity index (χ2n) is 32.7. The topological polar surface area (TPSA) is 237 Å². The first kappa shape index (κ1) is 106. The second kappa shape index (κ2) is 80.3. The Bertz CT molecular complexity index is 2070. The minimum atomic E-state index is -4.97. The van der Waals surface area contributed by atoms with Crippen LogP contribution in [0.25, 0.3) is 0 Å². The number of ether oxygens (including phenoxy) is 4. The van der Waals surface area contributed by atoms with Crippen molar-refractivity contribution in [2.45, 2.75) is 496 Å². The third kappa shape index (κ3) is 80.7. The minimum Gasteiger partial charge on any atom is -0.462 e. The van der Waals surface area contributed by atoms with Crippen LogP contribution in [0.3, 0.4) is 0 Å². The average Bonchev–Trinajstić information content (AvgIpc) is 0.897. The number of phosphoric ester groups is 2. The Kier molecular flexibility index (Phi) is 78.8. The summed E-state index contributed by atoms with van der Waals surface area (Å²) < 4.78 is 69.0. The molecule has 0 aliphatic heterocycles. The van der Waals surface area contributed by atoms with Crippen molar-refractivity contribution in [2.75, 3.05) is 39.6 Å². The molecular weight excluding hydrogens is 1400 g/mol. The van der Waals surface area contributed by atoms with Crippen LogP contribution in [-0.2, 0) is 65.4 Å². The molecule has 0 amide bonds. The van der Waals surface area contributed by atoms with E-state index in [-0.39, 0.29) is 25.7 Å². The number of hydrogen-bond acceptors (Lipinski definition) is 15. The summed E-state index contributed by atoms with van der Waals surface area (Å²) in [6, 6.07) is 0. The highest BCUT2D eigenvalue weighted by Crippen LogP contribution is 2.45. The Balaban J connectivity index is 5.24. The van der Waals surface area contributed by atoms with E-state index in [1.807, 2.05) is 0 Å². The van der Waals surface area contributed by atoms with Gasteiger partial charge in [-0.2, -0.15) is 0 Å². The summed E-state index contributed by atoms with van der Waals surface area (Å²) in [5, 5.41) is 10.7. The molecular formula is C89H174O17P2. The highest BCUT2D eigenvalue weighted by atomic mass is 31.2. The molecule has 3 unspecified atom stereocenters. The van der Waals surface area contributed by atoms with Gasteiger partial charge in [0.2, 0.25) is 0 Å². The van der Waals surface area contributed by atoms with Crippen LogP contribution < -0.4 is 0 Å². The van der Waals surface area contributed by atoms with Crippen molar-refractivity contribution >= 4 is 39.5 Å². The summed E-state index contributed by atoms with van der Waals surface area (Å²) in [6.07, 6.45) is 73.5. The smallest absolute Gasteiger partial charge is 0.462 e. The van der Waals surface area contributed by atoms with E-state index in [2.05, 4.69) is 41.5 Å². The Hall–Kier alpha value is -1.94. The van der Waals surface area contributed by atoms with Crippen molar-refractivity contribution in [3.63, 3.8) is 0 Å². The van der Waals surface area contributed by atoms with Crippen LogP contribution in [0.4, 0.5) is 0 Å². The lowest BCUT2D eigenvalue weighted by atomic mass is 9.99. The molecule has 6 atom stereocenters. The second-order valence-corrected chi connectivity index (χ2v) is 35.6. The van der Waals surface area contributed by atoms with Gasteiger partial charge in [0.15, 0.2) is 12.2 Å². The van der Waals surface area contributed by atoms with Crippen molar-refractivity contribution in [2.24, 2.45) is 11.8 Å². The number of rotatable bonds is 88. The molecule has 0 aliphatic carbocycles. The summed E-state index contributed by atoms with van der Waals surface area (Å²) in [4.78, 5) is 73.3. The standard InChI is InChI=1S/C89H174O17P2/c1-7-10-12-14-16-18-20-22-23-24-25-29-32-35-42-48-54-60-66-72-87(92)100-78-85(105-88(93)73-67-61-55-49-43-36-33-30-27-26-28-31-34-40-46-52-58-64-70-82(6)9-3)80-104-108(97,98)102-76-83(90)75-101-107(95,96)103-79-84(77-99-86(91)71-65-59-53-47-41-21-19-17-15-13-11-8-2)106-89(94)74-68-62-56-50-44-38-37-39-45-51-57-63-69-81(4)5/h81-85,90H,7-80H2,1-6H3,(H,95,96)(H,97,98)/t82?,83-,84+,85+/m0/s1. The third-order valence-electron chi connectivity index (χ3n) is 21.3. The molecule has 0 aromatic carbocycles. The number of phosphoric acid groups is 2. The molecule has 0 heterocycles. The van der Waals surface area contributed by atoms with Crippen molar-refractivity contribution in [1.29, 1.82) is 0 Å². The van der Waals surface area contributed by atoms with E-state index in [1.54, 1.807) is 0 Å². The van der Waals surface area contributed by atoms with Crippen LogP contribution >= 0.6 is 15.6 Å². The maximum absolute atomic E-state index is 13.2. The van der Waals surface area contributed by atoms with Crippen molar-refractivity contribution in [3.8, 4) is 0 Å². The first-order valence-electron chi connectivity index (χ1n) is 46.0. The zero-order chi connectivity index (χ0) is 79.2. The predicted molar refractivity (Wildman–Crippen MR) is 446 cm³/mol. The Morgan fingerprint density at radius 3 is 0.704 bits per heavy atom. The number of aliphatic hydroxyl groups excluding tert-OH is 1. The molecule has 0 fully saturated rings. The molecule has 0 saturated carbocycles. The average molecular weight is 1580 g/mol. The minimum absolute atomic E-state index is 0.108. The molecule has 0 aromatic rings. The lowest BCUT2D eigenvalue weighted by Crippen LogP contribution is -2.30.